The molecule has 0 spiro atoms. The smallest absolute Gasteiger partial charge is 0.172 e. The zero-order chi connectivity index (χ0) is 13.4. The highest BCUT2D eigenvalue weighted by molar-refractivity contribution is 7.99. The van der Waals surface area contributed by atoms with Gasteiger partial charge >= 0.3 is 0 Å². The van der Waals surface area contributed by atoms with Gasteiger partial charge in [0.05, 0.1) is 16.7 Å². The lowest BCUT2D eigenvalue weighted by atomic mass is 10.2. The van der Waals surface area contributed by atoms with Gasteiger partial charge in [-0.3, -0.25) is 0 Å². The number of hydrogen-bond donors (Lipinski definition) is 2. The molecule has 2 heterocycles. The summed E-state index contributed by atoms with van der Waals surface area (Å²) in [6, 6.07) is 9.48. The van der Waals surface area contributed by atoms with Gasteiger partial charge in [-0.15, -0.1) is 0 Å². The lowest BCUT2D eigenvalue weighted by molar-refractivity contribution is 1.06. The number of nitrogen functional groups attached to an aromatic ring is 1. The molecule has 0 unspecified atom stereocenters. The maximum Gasteiger partial charge on any atom is 0.172 e. The number of imidazole rings is 1. The number of pyridine rings is 1. The summed E-state index contributed by atoms with van der Waals surface area (Å²) in [5.41, 5.74) is 9.58. The predicted molar refractivity (Wildman–Crippen MR) is 78.6 cm³/mol. The molecule has 0 saturated carbocycles. The topological polar surface area (TPSA) is 67.6 Å². The summed E-state index contributed by atoms with van der Waals surface area (Å²) >= 11 is 7.24. The predicted octanol–water partition coefficient (Wildman–Crippen LogP) is 3.65. The Labute approximate surface area is 119 Å². The van der Waals surface area contributed by atoms with Crippen molar-refractivity contribution in [2.24, 2.45) is 0 Å². The number of benzene rings is 1. The first kappa shape index (κ1) is 12.3. The molecule has 0 bridgehead atoms. The summed E-state index contributed by atoms with van der Waals surface area (Å²) in [6.07, 6.45) is 0. The van der Waals surface area contributed by atoms with E-state index in [9.17, 15) is 0 Å². The van der Waals surface area contributed by atoms with Crippen LogP contribution >= 0.6 is 23.4 Å². The number of aromatic nitrogens is 3. The van der Waals surface area contributed by atoms with E-state index >= 15 is 0 Å². The molecule has 96 valence electrons. The number of aromatic amines is 1. The van der Waals surface area contributed by atoms with Crippen LogP contribution in [-0.4, -0.2) is 15.0 Å². The Morgan fingerprint density at radius 2 is 2.05 bits per heavy atom. The van der Waals surface area contributed by atoms with E-state index in [0.717, 1.165) is 16.2 Å². The van der Waals surface area contributed by atoms with E-state index in [-0.39, 0.29) is 0 Å². The highest BCUT2D eigenvalue weighted by Gasteiger charge is 2.09. The van der Waals surface area contributed by atoms with Gasteiger partial charge in [0.2, 0.25) is 0 Å². The minimum Gasteiger partial charge on any atom is -0.397 e. The Kier molecular flexibility index (Phi) is 3.08. The van der Waals surface area contributed by atoms with Crippen LogP contribution in [0.4, 0.5) is 5.69 Å². The first-order valence-corrected chi connectivity index (χ1v) is 6.87. The van der Waals surface area contributed by atoms with Crippen LogP contribution in [0.15, 0.2) is 40.5 Å². The van der Waals surface area contributed by atoms with Crippen LogP contribution in [-0.2, 0) is 0 Å². The van der Waals surface area contributed by atoms with Gasteiger partial charge in [-0.05, 0) is 48.5 Å². The number of aryl methyl sites for hydroxylation is 1. The molecule has 0 radical (unpaired) electrons. The van der Waals surface area contributed by atoms with E-state index in [1.165, 1.54) is 17.3 Å². The monoisotopic (exact) mass is 290 g/mol. The van der Waals surface area contributed by atoms with Crippen LogP contribution in [0.3, 0.4) is 0 Å². The fraction of sp³-hybridized carbons (Fsp3) is 0.0769. The molecule has 2 aromatic heterocycles. The molecule has 0 amide bonds. The Bertz CT molecular complexity index is 753. The van der Waals surface area contributed by atoms with Crippen molar-refractivity contribution in [1.29, 1.82) is 0 Å². The van der Waals surface area contributed by atoms with Crippen LogP contribution in [0.1, 0.15) is 5.56 Å². The largest absolute Gasteiger partial charge is 0.397 e. The first-order valence-electron chi connectivity index (χ1n) is 5.68. The normalized spacial score (nSPS) is 11.1. The second kappa shape index (κ2) is 4.75. The summed E-state index contributed by atoms with van der Waals surface area (Å²) in [6.45, 7) is 2.05. The molecule has 0 saturated heterocycles. The highest BCUT2D eigenvalue weighted by Crippen LogP contribution is 2.30. The van der Waals surface area contributed by atoms with Crippen molar-refractivity contribution >= 4 is 40.1 Å². The maximum absolute atomic E-state index is 5.87. The van der Waals surface area contributed by atoms with Crippen molar-refractivity contribution < 1.29 is 0 Å². The van der Waals surface area contributed by atoms with Crippen LogP contribution < -0.4 is 5.73 Å². The van der Waals surface area contributed by atoms with Crippen molar-refractivity contribution in [1.82, 2.24) is 15.0 Å². The van der Waals surface area contributed by atoms with E-state index < -0.39 is 0 Å². The van der Waals surface area contributed by atoms with E-state index in [0.29, 0.717) is 15.9 Å². The molecule has 0 atom stereocenters. The molecule has 1 aromatic carbocycles. The lowest BCUT2D eigenvalue weighted by Crippen LogP contribution is -1.92. The molecule has 0 aliphatic carbocycles. The Morgan fingerprint density at radius 1 is 1.21 bits per heavy atom. The van der Waals surface area contributed by atoms with Crippen molar-refractivity contribution in [3.8, 4) is 0 Å². The zero-order valence-electron chi connectivity index (χ0n) is 10.1. The Morgan fingerprint density at radius 3 is 2.89 bits per heavy atom. The van der Waals surface area contributed by atoms with Crippen LogP contribution in [0.2, 0.25) is 5.15 Å². The van der Waals surface area contributed by atoms with Gasteiger partial charge in [0, 0.05) is 0 Å². The van der Waals surface area contributed by atoms with Crippen LogP contribution in [0.5, 0.6) is 0 Å². The SMILES string of the molecule is Cc1ccc2nc(Sc3nc(Cl)ccc3N)[nH]c2c1. The van der Waals surface area contributed by atoms with Crippen molar-refractivity contribution in [3.63, 3.8) is 0 Å². The average Bonchev–Trinajstić information content (AvgIpc) is 2.75. The minimum absolute atomic E-state index is 0.420. The van der Waals surface area contributed by atoms with E-state index in [1.54, 1.807) is 12.1 Å². The van der Waals surface area contributed by atoms with E-state index in [1.807, 2.05) is 19.1 Å². The second-order valence-electron chi connectivity index (χ2n) is 4.19. The number of nitrogens with one attached hydrogen (secondary N) is 1. The van der Waals surface area contributed by atoms with Crippen molar-refractivity contribution in [2.45, 2.75) is 17.1 Å². The quantitative estimate of drug-likeness (QED) is 0.707. The molecular formula is C13H11ClN4S. The molecule has 0 aliphatic heterocycles. The van der Waals surface area contributed by atoms with Crippen molar-refractivity contribution in [3.05, 3.63) is 41.0 Å². The number of rotatable bonds is 2. The van der Waals surface area contributed by atoms with Gasteiger partial charge in [-0.2, -0.15) is 0 Å². The van der Waals surface area contributed by atoms with Crippen LogP contribution in [0, 0.1) is 6.92 Å². The fourth-order valence-corrected chi connectivity index (χ4v) is 2.77. The average molecular weight is 291 g/mol. The van der Waals surface area contributed by atoms with Crippen molar-refractivity contribution in [2.75, 3.05) is 5.73 Å². The summed E-state index contributed by atoms with van der Waals surface area (Å²) in [4.78, 5) is 11.9. The molecule has 0 fully saturated rings. The van der Waals surface area contributed by atoms with Gasteiger partial charge in [0.1, 0.15) is 10.2 Å². The summed E-state index contributed by atoms with van der Waals surface area (Å²) in [7, 11) is 0. The molecule has 3 N–H and O–H groups in total. The number of hydrogen-bond acceptors (Lipinski definition) is 4. The minimum atomic E-state index is 0.420. The summed E-state index contributed by atoms with van der Waals surface area (Å²) in [5.74, 6) is 0. The standard InChI is InChI=1S/C13H11ClN4S/c1-7-2-4-9-10(6-7)17-13(16-9)19-12-8(15)3-5-11(14)18-12/h2-6H,15H2,1H3,(H,16,17). The number of H-pyrrole nitrogens is 1. The molecule has 3 rings (SSSR count). The Balaban J connectivity index is 1.98. The van der Waals surface area contributed by atoms with Gasteiger partial charge < -0.3 is 10.7 Å². The summed E-state index contributed by atoms with van der Waals surface area (Å²) < 4.78 is 0. The zero-order valence-corrected chi connectivity index (χ0v) is 11.7. The summed E-state index contributed by atoms with van der Waals surface area (Å²) in [5, 5.41) is 1.83. The number of fused-ring (bicyclic) bond motifs is 1. The number of halogens is 1. The molecule has 3 aromatic rings. The fourth-order valence-electron chi connectivity index (χ4n) is 1.75. The number of nitrogens with zero attached hydrogens (tertiary/aromatic N) is 2. The third kappa shape index (κ3) is 2.52. The molecule has 0 aliphatic rings. The Hall–Kier alpha value is -1.72. The van der Waals surface area contributed by atoms with Gasteiger partial charge in [0.25, 0.3) is 0 Å². The third-order valence-electron chi connectivity index (χ3n) is 2.66. The number of anilines is 1. The molecule has 4 nitrogen and oxygen atoms in total. The van der Waals surface area contributed by atoms with E-state index in [2.05, 4.69) is 21.0 Å². The van der Waals surface area contributed by atoms with E-state index in [4.69, 9.17) is 17.3 Å². The van der Waals surface area contributed by atoms with Gasteiger partial charge in [-0.1, -0.05) is 17.7 Å². The van der Waals surface area contributed by atoms with Gasteiger partial charge in [0.15, 0.2) is 5.16 Å². The molecular weight excluding hydrogens is 280 g/mol. The number of nitrogens with two attached hydrogens (primary N) is 1. The maximum atomic E-state index is 5.87. The lowest BCUT2D eigenvalue weighted by Gasteiger charge is -2.01. The molecule has 6 heteroatoms. The third-order valence-corrected chi connectivity index (χ3v) is 3.78. The highest BCUT2D eigenvalue weighted by atomic mass is 35.5. The van der Waals surface area contributed by atoms with Crippen LogP contribution in [0.25, 0.3) is 11.0 Å². The molecule has 19 heavy (non-hydrogen) atoms. The second-order valence-corrected chi connectivity index (χ2v) is 5.56. The van der Waals surface area contributed by atoms with Gasteiger partial charge in [-0.25, -0.2) is 9.97 Å². The first-order chi connectivity index (χ1) is 9.11.